The van der Waals surface area contributed by atoms with Crippen LogP contribution in [0.2, 0.25) is 0 Å². The van der Waals surface area contributed by atoms with E-state index in [0.29, 0.717) is 13.2 Å². The van der Waals surface area contributed by atoms with Gasteiger partial charge in [0.25, 0.3) is 0 Å². The average molecular weight is 235 g/mol. The highest BCUT2D eigenvalue weighted by atomic mass is 32.1. The predicted octanol–water partition coefficient (Wildman–Crippen LogP) is 1.67. The molecular weight excluding hydrogens is 222 g/mol. The molecule has 16 heavy (non-hydrogen) atoms. The van der Waals surface area contributed by atoms with Crippen molar-refractivity contribution in [3.63, 3.8) is 0 Å². The summed E-state index contributed by atoms with van der Waals surface area (Å²) in [5, 5.41) is 8.64. The molecule has 0 fully saturated rings. The normalized spacial score (nSPS) is 19.7. The monoisotopic (exact) mass is 235 g/mol. The highest BCUT2D eigenvalue weighted by Gasteiger charge is 2.22. The molecule has 0 radical (unpaired) electrons. The van der Waals surface area contributed by atoms with Gasteiger partial charge in [0.2, 0.25) is 0 Å². The highest BCUT2D eigenvalue weighted by Crippen LogP contribution is 2.27. The summed E-state index contributed by atoms with van der Waals surface area (Å²) < 4.78 is 7.82. The summed E-state index contributed by atoms with van der Waals surface area (Å²) in [4.78, 5) is 0. The zero-order chi connectivity index (χ0) is 11.0. The Bertz CT molecular complexity index is 477. The van der Waals surface area contributed by atoms with E-state index in [1.54, 1.807) is 11.3 Å². The van der Waals surface area contributed by atoms with E-state index in [1.165, 1.54) is 5.56 Å². The van der Waals surface area contributed by atoms with Crippen molar-refractivity contribution >= 4 is 11.3 Å². The molecule has 5 heteroatoms. The lowest BCUT2D eigenvalue weighted by Crippen LogP contribution is -2.21. The third kappa shape index (κ3) is 1.67. The van der Waals surface area contributed by atoms with Crippen LogP contribution in [0.4, 0.5) is 0 Å². The Hall–Kier alpha value is -1.17. The third-order valence-corrected chi connectivity index (χ3v) is 3.51. The standard InChI is InChI=1S/C11H13N3OS/c12-4-9-3-10-6-15-11(5-14(10)13-9)8-1-2-16-7-8/h1-3,7,11H,4-6,12H2/t11-/m0/s1. The number of hydrogen-bond donors (Lipinski definition) is 1. The van der Waals surface area contributed by atoms with Crippen LogP contribution in [-0.2, 0) is 24.4 Å². The van der Waals surface area contributed by atoms with Crippen molar-refractivity contribution in [2.45, 2.75) is 25.8 Å². The second kappa shape index (κ2) is 4.01. The number of hydrogen-bond acceptors (Lipinski definition) is 4. The molecule has 3 heterocycles. The lowest BCUT2D eigenvalue weighted by molar-refractivity contribution is -0.000939. The van der Waals surface area contributed by atoms with Crippen molar-refractivity contribution in [2.24, 2.45) is 5.73 Å². The first-order valence-corrected chi connectivity index (χ1v) is 6.20. The Kier molecular flexibility index (Phi) is 2.51. The van der Waals surface area contributed by atoms with Crippen LogP contribution in [-0.4, -0.2) is 9.78 Å². The highest BCUT2D eigenvalue weighted by molar-refractivity contribution is 7.07. The van der Waals surface area contributed by atoms with Gasteiger partial charge in [0.15, 0.2) is 0 Å². The van der Waals surface area contributed by atoms with Crippen LogP contribution in [0.5, 0.6) is 0 Å². The van der Waals surface area contributed by atoms with Gasteiger partial charge in [-0.05, 0) is 28.5 Å². The fourth-order valence-electron chi connectivity index (χ4n) is 1.94. The molecule has 0 saturated carbocycles. The van der Waals surface area contributed by atoms with Gasteiger partial charge in [-0.2, -0.15) is 16.4 Å². The zero-order valence-electron chi connectivity index (χ0n) is 8.80. The first-order chi connectivity index (χ1) is 7.86. The summed E-state index contributed by atoms with van der Waals surface area (Å²) >= 11 is 1.69. The molecule has 0 aliphatic carbocycles. The fourth-order valence-corrected chi connectivity index (χ4v) is 2.65. The molecule has 0 saturated heterocycles. The Morgan fingerprint density at radius 2 is 2.56 bits per heavy atom. The Morgan fingerprint density at radius 3 is 3.31 bits per heavy atom. The molecule has 1 aliphatic heterocycles. The SMILES string of the molecule is NCc1cc2n(n1)C[C@@H](c1ccsc1)OC2. The summed E-state index contributed by atoms with van der Waals surface area (Å²) in [6, 6.07) is 4.12. The van der Waals surface area contributed by atoms with Crippen molar-refractivity contribution in [3.8, 4) is 0 Å². The van der Waals surface area contributed by atoms with Gasteiger partial charge in [-0.1, -0.05) is 0 Å². The summed E-state index contributed by atoms with van der Waals surface area (Å²) in [5.41, 5.74) is 8.86. The number of fused-ring (bicyclic) bond motifs is 1. The smallest absolute Gasteiger partial charge is 0.103 e. The average Bonchev–Trinajstić information content (AvgIpc) is 2.96. The van der Waals surface area contributed by atoms with E-state index < -0.39 is 0 Å². The van der Waals surface area contributed by atoms with Gasteiger partial charge in [0.05, 0.1) is 24.5 Å². The molecule has 1 atom stereocenters. The van der Waals surface area contributed by atoms with Gasteiger partial charge >= 0.3 is 0 Å². The van der Waals surface area contributed by atoms with Gasteiger partial charge in [-0.15, -0.1) is 0 Å². The first-order valence-electron chi connectivity index (χ1n) is 5.26. The van der Waals surface area contributed by atoms with E-state index in [4.69, 9.17) is 10.5 Å². The summed E-state index contributed by atoms with van der Waals surface area (Å²) in [6.45, 7) is 1.89. The van der Waals surface area contributed by atoms with Crippen LogP contribution >= 0.6 is 11.3 Å². The minimum absolute atomic E-state index is 0.129. The number of thiophene rings is 1. The molecular formula is C11H13N3OS. The van der Waals surface area contributed by atoms with Gasteiger partial charge in [-0.25, -0.2) is 0 Å². The number of ether oxygens (including phenoxy) is 1. The lowest BCUT2D eigenvalue weighted by atomic mass is 10.2. The number of nitrogens with zero attached hydrogens (tertiary/aromatic N) is 2. The summed E-state index contributed by atoms with van der Waals surface area (Å²) in [5.74, 6) is 0. The lowest BCUT2D eigenvalue weighted by Gasteiger charge is -2.23. The Morgan fingerprint density at radius 1 is 1.62 bits per heavy atom. The van der Waals surface area contributed by atoms with Crippen molar-refractivity contribution in [2.75, 3.05) is 0 Å². The maximum absolute atomic E-state index is 5.81. The molecule has 84 valence electrons. The maximum atomic E-state index is 5.81. The van der Waals surface area contributed by atoms with Gasteiger partial charge in [0.1, 0.15) is 6.10 Å². The summed E-state index contributed by atoms with van der Waals surface area (Å²) in [6.07, 6.45) is 0.129. The molecule has 2 aromatic heterocycles. The number of nitrogens with two attached hydrogens (primary N) is 1. The van der Waals surface area contributed by atoms with E-state index in [0.717, 1.165) is 17.9 Å². The maximum Gasteiger partial charge on any atom is 0.103 e. The van der Waals surface area contributed by atoms with Gasteiger partial charge in [-0.3, -0.25) is 4.68 Å². The van der Waals surface area contributed by atoms with Crippen LogP contribution < -0.4 is 5.73 Å². The third-order valence-electron chi connectivity index (χ3n) is 2.81. The van der Waals surface area contributed by atoms with Gasteiger partial charge < -0.3 is 10.5 Å². The number of aromatic nitrogens is 2. The second-order valence-corrected chi connectivity index (χ2v) is 4.65. The largest absolute Gasteiger partial charge is 0.365 e. The van der Waals surface area contributed by atoms with Crippen LogP contribution in [0.25, 0.3) is 0 Å². The van der Waals surface area contributed by atoms with Crippen molar-refractivity contribution < 1.29 is 4.74 Å². The predicted molar refractivity (Wildman–Crippen MR) is 62.0 cm³/mol. The zero-order valence-corrected chi connectivity index (χ0v) is 9.61. The molecule has 3 rings (SSSR count). The minimum atomic E-state index is 0.129. The Balaban J connectivity index is 1.85. The van der Waals surface area contributed by atoms with Gasteiger partial charge in [0, 0.05) is 6.54 Å². The number of rotatable bonds is 2. The van der Waals surface area contributed by atoms with Crippen LogP contribution in [0.1, 0.15) is 23.1 Å². The molecule has 4 nitrogen and oxygen atoms in total. The molecule has 0 unspecified atom stereocenters. The second-order valence-electron chi connectivity index (χ2n) is 3.87. The van der Waals surface area contributed by atoms with E-state index in [-0.39, 0.29) is 6.10 Å². The topological polar surface area (TPSA) is 53.1 Å². The molecule has 0 amide bonds. The fraction of sp³-hybridized carbons (Fsp3) is 0.364. The molecule has 0 bridgehead atoms. The quantitative estimate of drug-likeness (QED) is 0.861. The molecule has 2 aromatic rings. The molecule has 0 spiro atoms. The van der Waals surface area contributed by atoms with Crippen LogP contribution in [0, 0.1) is 0 Å². The van der Waals surface area contributed by atoms with E-state index in [2.05, 4.69) is 21.9 Å². The molecule has 1 aliphatic rings. The van der Waals surface area contributed by atoms with E-state index in [9.17, 15) is 0 Å². The summed E-state index contributed by atoms with van der Waals surface area (Å²) in [7, 11) is 0. The van der Waals surface area contributed by atoms with E-state index in [1.807, 2.05) is 10.7 Å². The molecule has 2 N–H and O–H groups in total. The minimum Gasteiger partial charge on any atom is -0.365 e. The Labute approximate surface area is 97.6 Å². The van der Waals surface area contributed by atoms with Crippen molar-refractivity contribution in [3.05, 3.63) is 39.8 Å². The first kappa shape index (κ1) is 10.0. The van der Waals surface area contributed by atoms with Crippen molar-refractivity contribution in [1.82, 2.24) is 9.78 Å². The van der Waals surface area contributed by atoms with E-state index >= 15 is 0 Å². The van der Waals surface area contributed by atoms with Crippen LogP contribution in [0.3, 0.4) is 0 Å². The molecule has 0 aromatic carbocycles. The van der Waals surface area contributed by atoms with Crippen LogP contribution in [0.15, 0.2) is 22.9 Å². The van der Waals surface area contributed by atoms with Crippen molar-refractivity contribution in [1.29, 1.82) is 0 Å².